The van der Waals surface area contributed by atoms with Crippen molar-refractivity contribution < 1.29 is 13.2 Å². The van der Waals surface area contributed by atoms with E-state index < -0.39 is 15.9 Å². The SMILES string of the molecule is Cc1cccc(NC(=O)NCCS(=O)(=O)c2c(C)n(C)c3ccccc23)c1. The van der Waals surface area contributed by atoms with Crippen LogP contribution >= 0.6 is 0 Å². The molecule has 0 saturated heterocycles. The molecule has 142 valence electrons. The summed E-state index contributed by atoms with van der Waals surface area (Å²) in [6.45, 7) is 3.76. The zero-order chi connectivity index (χ0) is 19.6. The first-order valence-electron chi connectivity index (χ1n) is 8.68. The van der Waals surface area contributed by atoms with Crippen LogP contribution in [0.3, 0.4) is 0 Å². The van der Waals surface area contributed by atoms with Gasteiger partial charge in [0.25, 0.3) is 0 Å². The molecule has 3 rings (SSSR count). The van der Waals surface area contributed by atoms with Gasteiger partial charge in [0.15, 0.2) is 9.84 Å². The van der Waals surface area contributed by atoms with Crippen LogP contribution in [0.15, 0.2) is 53.4 Å². The fourth-order valence-corrected chi connectivity index (χ4v) is 4.85. The second-order valence-corrected chi connectivity index (χ2v) is 8.61. The Balaban J connectivity index is 1.69. The Kier molecular flexibility index (Phi) is 5.23. The summed E-state index contributed by atoms with van der Waals surface area (Å²) in [6.07, 6.45) is 0. The minimum atomic E-state index is -3.54. The van der Waals surface area contributed by atoms with Gasteiger partial charge in [0.2, 0.25) is 0 Å². The van der Waals surface area contributed by atoms with Crippen LogP contribution in [0.25, 0.3) is 10.9 Å². The van der Waals surface area contributed by atoms with Crippen LogP contribution in [0.2, 0.25) is 0 Å². The Hall–Kier alpha value is -2.80. The highest BCUT2D eigenvalue weighted by molar-refractivity contribution is 7.91. The van der Waals surface area contributed by atoms with E-state index in [9.17, 15) is 13.2 Å². The molecule has 2 amide bonds. The van der Waals surface area contributed by atoms with Crippen molar-refractivity contribution in [2.24, 2.45) is 7.05 Å². The average Bonchev–Trinajstić information content (AvgIpc) is 2.86. The molecule has 2 N–H and O–H groups in total. The maximum atomic E-state index is 12.9. The predicted molar refractivity (Wildman–Crippen MR) is 108 cm³/mol. The second-order valence-electron chi connectivity index (χ2n) is 6.56. The molecular weight excluding hydrogens is 362 g/mol. The normalized spacial score (nSPS) is 11.5. The van der Waals surface area contributed by atoms with E-state index in [1.54, 1.807) is 13.0 Å². The summed E-state index contributed by atoms with van der Waals surface area (Å²) in [6, 6.07) is 14.4. The first-order chi connectivity index (χ1) is 12.8. The third-order valence-electron chi connectivity index (χ3n) is 4.59. The van der Waals surface area contributed by atoms with Crippen LogP contribution in [-0.4, -0.2) is 31.3 Å². The van der Waals surface area contributed by atoms with E-state index in [4.69, 9.17) is 0 Å². The van der Waals surface area contributed by atoms with Crippen LogP contribution in [0.5, 0.6) is 0 Å². The Morgan fingerprint density at radius 2 is 1.81 bits per heavy atom. The Morgan fingerprint density at radius 1 is 1.07 bits per heavy atom. The number of hydrogen-bond acceptors (Lipinski definition) is 3. The van der Waals surface area contributed by atoms with E-state index in [2.05, 4.69) is 10.6 Å². The van der Waals surface area contributed by atoms with Crippen LogP contribution < -0.4 is 10.6 Å². The lowest BCUT2D eigenvalue weighted by Crippen LogP contribution is -2.33. The highest BCUT2D eigenvalue weighted by Gasteiger charge is 2.24. The Labute approximate surface area is 159 Å². The lowest BCUT2D eigenvalue weighted by Gasteiger charge is -2.09. The highest BCUT2D eigenvalue weighted by atomic mass is 32.2. The number of nitrogens with one attached hydrogen (secondary N) is 2. The minimum Gasteiger partial charge on any atom is -0.347 e. The smallest absolute Gasteiger partial charge is 0.319 e. The van der Waals surface area contributed by atoms with E-state index in [1.165, 1.54) is 0 Å². The third kappa shape index (κ3) is 3.98. The van der Waals surface area contributed by atoms with Gasteiger partial charge < -0.3 is 15.2 Å². The topological polar surface area (TPSA) is 80.2 Å². The number of aryl methyl sites for hydroxylation is 2. The zero-order valence-electron chi connectivity index (χ0n) is 15.6. The lowest BCUT2D eigenvalue weighted by molar-refractivity contribution is 0.252. The summed E-state index contributed by atoms with van der Waals surface area (Å²) in [5, 5.41) is 6.03. The number of anilines is 1. The number of aromatic nitrogens is 1. The largest absolute Gasteiger partial charge is 0.347 e. The molecule has 3 aromatic rings. The molecule has 0 unspecified atom stereocenters. The third-order valence-corrected chi connectivity index (χ3v) is 6.46. The molecule has 27 heavy (non-hydrogen) atoms. The van der Waals surface area contributed by atoms with Crippen molar-refractivity contribution in [3.05, 3.63) is 59.8 Å². The number of hydrogen-bond donors (Lipinski definition) is 2. The molecule has 7 heteroatoms. The molecule has 1 aromatic heterocycles. The first-order valence-corrected chi connectivity index (χ1v) is 10.3. The van der Waals surface area contributed by atoms with Gasteiger partial charge in [-0.05, 0) is 37.6 Å². The molecule has 0 spiro atoms. The predicted octanol–water partition coefficient (Wildman–Crippen LogP) is 3.39. The van der Waals surface area contributed by atoms with E-state index in [0.717, 1.165) is 11.1 Å². The number of fused-ring (bicyclic) bond motifs is 1. The van der Waals surface area contributed by atoms with Gasteiger partial charge in [-0.1, -0.05) is 30.3 Å². The van der Waals surface area contributed by atoms with Crippen LogP contribution in [0.1, 0.15) is 11.3 Å². The molecule has 0 aliphatic rings. The van der Waals surface area contributed by atoms with Gasteiger partial charge in [0, 0.05) is 35.9 Å². The molecule has 0 aliphatic heterocycles. The van der Waals surface area contributed by atoms with E-state index in [1.807, 2.05) is 61.0 Å². The summed E-state index contributed by atoms with van der Waals surface area (Å²) in [5.41, 5.74) is 3.27. The summed E-state index contributed by atoms with van der Waals surface area (Å²) in [5.74, 6) is -0.164. The number of benzene rings is 2. The summed E-state index contributed by atoms with van der Waals surface area (Å²) in [4.78, 5) is 12.3. The fraction of sp³-hybridized carbons (Fsp3) is 0.250. The van der Waals surface area contributed by atoms with Crippen LogP contribution in [-0.2, 0) is 16.9 Å². The van der Waals surface area contributed by atoms with Crippen molar-refractivity contribution in [3.63, 3.8) is 0 Å². The molecule has 0 saturated carbocycles. The Bertz CT molecular complexity index is 1100. The van der Waals surface area contributed by atoms with Gasteiger partial charge in [-0.2, -0.15) is 0 Å². The van der Waals surface area contributed by atoms with Crippen LogP contribution in [0.4, 0.5) is 10.5 Å². The molecular formula is C20H23N3O3S. The van der Waals surface area contributed by atoms with E-state index in [0.29, 0.717) is 21.7 Å². The van der Waals surface area contributed by atoms with Crippen molar-refractivity contribution >= 4 is 32.5 Å². The molecule has 2 aromatic carbocycles. The van der Waals surface area contributed by atoms with Gasteiger partial charge in [-0.3, -0.25) is 0 Å². The number of nitrogens with zero attached hydrogens (tertiary/aromatic N) is 1. The molecule has 0 bridgehead atoms. The van der Waals surface area contributed by atoms with E-state index >= 15 is 0 Å². The molecule has 1 heterocycles. The van der Waals surface area contributed by atoms with Crippen molar-refractivity contribution in [1.29, 1.82) is 0 Å². The molecule has 0 fully saturated rings. The standard InChI is InChI=1S/C20H23N3O3S/c1-14-7-6-8-16(13-14)22-20(24)21-11-12-27(25,26)19-15(2)23(3)18-10-5-4-9-17(18)19/h4-10,13H,11-12H2,1-3H3,(H2,21,22,24). The number of sulfone groups is 1. The fourth-order valence-electron chi connectivity index (χ4n) is 3.18. The second kappa shape index (κ2) is 7.44. The van der Waals surface area contributed by atoms with Crippen molar-refractivity contribution in [1.82, 2.24) is 9.88 Å². The Morgan fingerprint density at radius 3 is 2.56 bits per heavy atom. The lowest BCUT2D eigenvalue weighted by atomic mass is 10.2. The van der Waals surface area contributed by atoms with Crippen molar-refractivity contribution in [2.45, 2.75) is 18.7 Å². The van der Waals surface area contributed by atoms with E-state index in [-0.39, 0.29) is 12.3 Å². The minimum absolute atomic E-state index is 0.0304. The van der Waals surface area contributed by atoms with Crippen molar-refractivity contribution in [2.75, 3.05) is 17.6 Å². The quantitative estimate of drug-likeness (QED) is 0.706. The number of amides is 2. The van der Waals surface area contributed by atoms with Crippen LogP contribution in [0, 0.1) is 13.8 Å². The van der Waals surface area contributed by atoms with Crippen molar-refractivity contribution in [3.8, 4) is 0 Å². The average molecular weight is 385 g/mol. The molecule has 0 aliphatic carbocycles. The number of rotatable bonds is 5. The maximum absolute atomic E-state index is 12.9. The van der Waals surface area contributed by atoms with Gasteiger partial charge >= 0.3 is 6.03 Å². The van der Waals surface area contributed by atoms with Gasteiger partial charge in [0.05, 0.1) is 10.6 Å². The maximum Gasteiger partial charge on any atom is 0.319 e. The number of para-hydroxylation sites is 1. The summed E-state index contributed by atoms with van der Waals surface area (Å²) < 4.78 is 27.6. The van der Waals surface area contributed by atoms with Gasteiger partial charge in [-0.15, -0.1) is 0 Å². The number of carbonyl (C=O) groups is 1. The first kappa shape index (κ1) is 19.0. The number of carbonyl (C=O) groups excluding carboxylic acids is 1. The molecule has 0 radical (unpaired) electrons. The van der Waals surface area contributed by atoms with Gasteiger partial charge in [-0.25, -0.2) is 13.2 Å². The van der Waals surface area contributed by atoms with Gasteiger partial charge in [0.1, 0.15) is 0 Å². The summed E-state index contributed by atoms with van der Waals surface area (Å²) in [7, 11) is -1.68. The molecule has 0 atom stereocenters. The highest BCUT2D eigenvalue weighted by Crippen LogP contribution is 2.29. The summed E-state index contributed by atoms with van der Waals surface area (Å²) >= 11 is 0. The molecule has 6 nitrogen and oxygen atoms in total. The monoisotopic (exact) mass is 385 g/mol. The zero-order valence-corrected chi connectivity index (χ0v) is 16.4. The number of urea groups is 1.